The van der Waals surface area contributed by atoms with Crippen LogP contribution >= 0.6 is 0 Å². The molecular weight excluding hydrogens is 222 g/mol. The maximum Gasteiger partial charge on any atom is 0.0218 e. The molecule has 1 rings (SSSR count). The van der Waals surface area contributed by atoms with Crippen LogP contribution in [0, 0.1) is 5.92 Å². The Morgan fingerprint density at radius 3 is 2.28 bits per heavy atom. The Bertz CT molecular complexity index is 208. The van der Waals surface area contributed by atoms with E-state index in [2.05, 4.69) is 50.0 Å². The van der Waals surface area contributed by atoms with E-state index in [4.69, 9.17) is 0 Å². The molecule has 1 atom stereocenters. The van der Waals surface area contributed by atoms with Gasteiger partial charge in [-0.3, -0.25) is 4.90 Å². The van der Waals surface area contributed by atoms with Crippen molar-refractivity contribution in [2.45, 2.75) is 52.1 Å². The van der Waals surface area contributed by atoms with Crippen molar-refractivity contribution >= 4 is 0 Å². The van der Waals surface area contributed by atoms with E-state index in [-0.39, 0.29) is 0 Å². The average molecular weight is 255 g/mol. The lowest BCUT2D eigenvalue weighted by molar-refractivity contribution is 0.114. The van der Waals surface area contributed by atoms with Crippen LogP contribution in [0.2, 0.25) is 0 Å². The summed E-state index contributed by atoms with van der Waals surface area (Å²) in [6.07, 6.45) is 4.00. The maximum atomic E-state index is 3.59. The third-order valence-electron chi connectivity index (χ3n) is 4.02. The summed E-state index contributed by atoms with van der Waals surface area (Å²) in [7, 11) is 4.38. The SMILES string of the molecule is CCC(CNC(C)C)N1CCC(CN(C)C)CC1. The summed E-state index contributed by atoms with van der Waals surface area (Å²) >= 11 is 0. The predicted molar refractivity (Wildman–Crippen MR) is 80.1 cm³/mol. The summed E-state index contributed by atoms with van der Waals surface area (Å²) in [6.45, 7) is 11.8. The number of hydrogen-bond donors (Lipinski definition) is 1. The first-order valence-electron chi connectivity index (χ1n) is 7.65. The van der Waals surface area contributed by atoms with Gasteiger partial charge in [-0.15, -0.1) is 0 Å². The fourth-order valence-corrected chi connectivity index (χ4v) is 2.92. The van der Waals surface area contributed by atoms with Crippen molar-refractivity contribution in [1.82, 2.24) is 15.1 Å². The lowest BCUT2D eigenvalue weighted by atomic mass is 9.95. The van der Waals surface area contributed by atoms with Crippen molar-refractivity contribution in [3.05, 3.63) is 0 Å². The topological polar surface area (TPSA) is 18.5 Å². The van der Waals surface area contributed by atoms with Crippen LogP contribution in [0.5, 0.6) is 0 Å². The van der Waals surface area contributed by atoms with Crippen molar-refractivity contribution < 1.29 is 0 Å². The van der Waals surface area contributed by atoms with E-state index in [1.165, 1.54) is 38.9 Å². The standard InChI is InChI=1S/C15H33N3/c1-6-15(11-16-13(2)3)18-9-7-14(8-10-18)12-17(4)5/h13-16H,6-12H2,1-5H3. The van der Waals surface area contributed by atoms with Crippen molar-refractivity contribution in [1.29, 1.82) is 0 Å². The van der Waals surface area contributed by atoms with Crippen molar-refractivity contribution in [2.75, 3.05) is 40.3 Å². The molecule has 0 amide bonds. The Labute approximate surface area is 114 Å². The zero-order valence-corrected chi connectivity index (χ0v) is 13.1. The molecule has 108 valence electrons. The smallest absolute Gasteiger partial charge is 0.0218 e. The van der Waals surface area contributed by atoms with E-state index in [1.807, 2.05) is 0 Å². The monoisotopic (exact) mass is 255 g/mol. The molecule has 0 bridgehead atoms. The molecule has 0 aliphatic carbocycles. The minimum atomic E-state index is 0.602. The third-order valence-corrected chi connectivity index (χ3v) is 4.02. The first-order chi connectivity index (χ1) is 8.52. The van der Waals surface area contributed by atoms with Gasteiger partial charge in [0.2, 0.25) is 0 Å². The zero-order valence-electron chi connectivity index (χ0n) is 13.1. The van der Waals surface area contributed by atoms with E-state index in [0.717, 1.165) is 18.5 Å². The Kier molecular flexibility index (Phi) is 7.20. The molecule has 1 aliphatic rings. The second-order valence-electron chi connectivity index (χ2n) is 6.37. The fraction of sp³-hybridized carbons (Fsp3) is 1.00. The van der Waals surface area contributed by atoms with Gasteiger partial charge in [-0.05, 0) is 52.4 Å². The van der Waals surface area contributed by atoms with E-state index < -0.39 is 0 Å². The number of likely N-dealkylation sites (tertiary alicyclic amines) is 1. The number of nitrogens with zero attached hydrogens (tertiary/aromatic N) is 2. The van der Waals surface area contributed by atoms with Crippen LogP contribution in [-0.2, 0) is 0 Å². The molecule has 1 aliphatic heterocycles. The fourth-order valence-electron chi connectivity index (χ4n) is 2.92. The van der Waals surface area contributed by atoms with E-state index in [0.29, 0.717) is 6.04 Å². The molecular formula is C15H33N3. The van der Waals surface area contributed by atoms with Crippen LogP contribution in [0.15, 0.2) is 0 Å². The largest absolute Gasteiger partial charge is 0.313 e. The minimum absolute atomic E-state index is 0.602. The van der Waals surface area contributed by atoms with Gasteiger partial charge in [-0.2, -0.15) is 0 Å². The number of nitrogens with one attached hydrogen (secondary N) is 1. The predicted octanol–water partition coefficient (Wildman–Crippen LogP) is 2.04. The van der Waals surface area contributed by atoms with Gasteiger partial charge in [0, 0.05) is 25.2 Å². The Balaban J connectivity index is 2.30. The molecule has 1 unspecified atom stereocenters. The van der Waals surface area contributed by atoms with Crippen LogP contribution in [0.4, 0.5) is 0 Å². The average Bonchev–Trinajstić information content (AvgIpc) is 2.31. The van der Waals surface area contributed by atoms with Gasteiger partial charge >= 0.3 is 0 Å². The van der Waals surface area contributed by atoms with E-state index in [9.17, 15) is 0 Å². The lowest BCUT2D eigenvalue weighted by Gasteiger charge is -2.38. The Hall–Kier alpha value is -0.120. The maximum absolute atomic E-state index is 3.59. The highest BCUT2D eigenvalue weighted by atomic mass is 15.2. The molecule has 1 saturated heterocycles. The quantitative estimate of drug-likeness (QED) is 0.751. The van der Waals surface area contributed by atoms with Gasteiger partial charge in [0.05, 0.1) is 0 Å². The van der Waals surface area contributed by atoms with Gasteiger partial charge in [-0.25, -0.2) is 0 Å². The molecule has 1 heterocycles. The van der Waals surface area contributed by atoms with Crippen molar-refractivity contribution in [3.63, 3.8) is 0 Å². The molecule has 18 heavy (non-hydrogen) atoms. The molecule has 0 aromatic carbocycles. The summed E-state index contributed by atoms with van der Waals surface area (Å²) in [4.78, 5) is 5.03. The Morgan fingerprint density at radius 1 is 1.22 bits per heavy atom. The van der Waals surface area contributed by atoms with Crippen LogP contribution in [-0.4, -0.2) is 62.2 Å². The van der Waals surface area contributed by atoms with E-state index >= 15 is 0 Å². The molecule has 0 radical (unpaired) electrons. The molecule has 0 spiro atoms. The minimum Gasteiger partial charge on any atom is -0.313 e. The van der Waals surface area contributed by atoms with Crippen molar-refractivity contribution in [3.8, 4) is 0 Å². The van der Waals surface area contributed by atoms with Gasteiger partial charge < -0.3 is 10.2 Å². The van der Waals surface area contributed by atoms with Crippen LogP contribution in [0.25, 0.3) is 0 Å². The van der Waals surface area contributed by atoms with Crippen LogP contribution in [0.3, 0.4) is 0 Å². The summed E-state index contributed by atoms with van der Waals surface area (Å²) in [5.74, 6) is 0.909. The first-order valence-corrected chi connectivity index (χ1v) is 7.65. The summed E-state index contributed by atoms with van der Waals surface area (Å²) in [5, 5.41) is 3.59. The molecule has 1 N–H and O–H groups in total. The van der Waals surface area contributed by atoms with Crippen molar-refractivity contribution in [2.24, 2.45) is 5.92 Å². The second-order valence-corrected chi connectivity index (χ2v) is 6.37. The molecule has 0 saturated carbocycles. The molecule has 1 fully saturated rings. The second kappa shape index (κ2) is 8.13. The molecule has 3 nitrogen and oxygen atoms in total. The highest BCUT2D eigenvalue weighted by molar-refractivity contribution is 4.80. The normalized spacial score (nSPS) is 20.8. The van der Waals surface area contributed by atoms with Gasteiger partial charge in [0.1, 0.15) is 0 Å². The number of piperidine rings is 1. The third kappa shape index (κ3) is 5.68. The summed E-state index contributed by atoms with van der Waals surface area (Å²) in [6, 6.07) is 1.33. The zero-order chi connectivity index (χ0) is 13.5. The molecule has 0 aromatic heterocycles. The summed E-state index contributed by atoms with van der Waals surface area (Å²) in [5.41, 5.74) is 0. The first kappa shape index (κ1) is 15.9. The van der Waals surface area contributed by atoms with Gasteiger partial charge in [-0.1, -0.05) is 20.8 Å². The van der Waals surface area contributed by atoms with Crippen LogP contribution < -0.4 is 5.32 Å². The molecule has 3 heteroatoms. The number of hydrogen-bond acceptors (Lipinski definition) is 3. The van der Waals surface area contributed by atoms with Gasteiger partial charge in [0.25, 0.3) is 0 Å². The number of rotatable bonds is 7. The Morgan fingerprint density at radius 2 is 1.83 bits per heavy atom. The highest BCUT2D eigenvalue weighted by Crippen LogP contribution is 2.20. The van der Waals surface area contributed by atoms with Gasteiger partial charge in [0.15, 0.2) is 0 Å². The molecule has 0 aromatic rings. The van der Waals surface area contributed by atoms with E-state index in [1.54, 1.807) is 0 Å². The van der Waals surface area contributed by atoms with Crippen LogP contribution in [0.1, 0.15) is 40.0 Å². The lowest BCUT2D eigenvalue weighted by Crippen LogP contribution is -2.47. The highest BCUT2D eigenvalue weighted by Gasteiger charge is 2.24. The summed E-state index contributed by atoms with van der Waals surface area (Å²) < 4.78 is 0.